The molecule has 0 saturated heterocycles. The van der Waals surface area contributed by atoms with Gasteiger partial charge in [0.15, 0.2) is 0 Å². The van der Waals surface area contributed by atoms with Crippen molar-refractivity contribution in [2.75, 3.05) is 5.32 Å². The summed E-state index contributed by atoms with van der Waals surface area (Å²) in [4.78, 5) is 20.8. The van der Waals surface area contributed by atoms with E-state index in [4.69, 9.17) is 10.2 Å². The van der Waals surface area contributed by atoms with E-state index in [1.807, 2.05) is 19.9 Å². The molecule has 3 aromatic rings. The number of furan rings is 1. The van der Waals surface area contributed by atoms with Crippen molar-refractivity contribution in [2.24, 2.45) is 5.73 Å². The van der Waals surface area contributed by atoms with Crippen LogP contribution < -0.4 is 11.1 Å². The van der Waals surface area contributed by atoms with Gasteiger partial charge in [-0.2, -0.15) is 9.78 Å². The number of amides is 1. The third-order valence-electron chi connectivity index (χ3n) is 3.42. The molecule has 24 heavy (non-hydrogen) atoms. The maximum Gasteiger partial charge on any atom is 0.260 e. The summed E-state index contributed by atoms with van der Waals surface area (Å²) in [6.07, 6.45) is 4.61. The average Bonchev–Trinajstić information content (AvgIpc) is 3.22. The lowest BCUT2D eigenvalue weighted by Gasteiger charge is -2.06. The summed E-state index contributed by atoms with van der Waals surface area (Å²) in [5.74, 6) is 1.30. The molecule has 0 fully saturated rings. The van der Waals surface area contributed by atoms with Crippen LogP contribution in [0.25, 0.3) is 5.95 Å². The molecule has 0 saturated carbocycles. The molecule has 0 bridgehead atoms. The number of nitrogens with two attached hydrogens (primary N) is 1. The van der Waals surface area contributed by atoms with Crippen molar-refractivity contribution in [3.8, 4) is 5.95 Å². The van der Waals surface area contributed by atoms with E-state index in [9.17, 15) is 4.79 Å². The maximum absolute atomic E-state index is 12.4. The molecule has 0 unspecified atom stereocenters. The van der Waals surface area contributed by atoms with Gasteiger partial charge in [0.2, 0.25) is 0 Å². The lowest BCUT2D eigenvalue weighted by molar-refractivity contribution is 0.102. The number of carbonyl (C=O) groups is 1. The third-order valence-corrected chi connectivity index (χ3v) is 3.42. The van der Waals surface area contributed by atoms with Crippen molar-refractivity contribution in [1.82, 2.24) is 19.7 Å². The summed E-state index contributed by atoms with van der Waals surface area (Å²) in [6.45, 7) is 4.28. The zero-order valence-electron chi connectivity index (χ0n) is 13.4. The number of anilines is 1. The van der Waals surface area contributed by atoms with E-state index < -0.39 is 0 Å². The summed E-state index contributed by atoms with van der Waals surface area (Å²) >= 11 is 0. The van der Waals surface area contributed by atoms with Crippen molar-refractivity contribution in [3.63, 3.8) is 0 Å². The van der Waals surface area contributed by atoms with Gasteiger partial charge in [0.25, 0.3) is 11.9 Å². The van der Waals surface area contributed by atoms with Crippen molar-refractivity contribution in [2.45, 2.75) is 26.3 Å². The Morgan fingerprint density at radius 2 is 2.08 bits per heavy atom. The number of carbonyl (C=O) groups excluding carboxylic acids is 1. The first-order valence-corrected chi connectivity index (χ1v) is 7.54. The second-order valence-electron chi connectivity index (χ2n) is 5.53. The molecule has 3 rings (SSSR count). The summed E-state index contributed by atoms with van der Waals surface area (Å²) in [5.41, 5.74) is 6.71. The van der Waals surface area contributed by atoms with E-state index in [-0.39, 0.29) is 18.4 Å². The lowest BCUT2D eigenvalue weighted by Crippen LogP contribution is -2.15. The van der Waals surface area contributed by atoms with E-state index >= 15 is 0 Å². The number of rotatable bonds is 5. The summed E-state index contributed by atoms with van der Waals surface area (Å²) in [5, 5.41) is 7.30. The molecule has 0 aromatic carbocycles. The number of hydrogen-bond acceptors (Lipinski definition) is 6. The van der Waals surface area contributed by atoms with Crippen molar-refractivity contribution >= 4 is 11.7 Å². The van der Waals surface area contributed by atoms with Crippen LogP contribution in [-0.4, -0.2) is 25.7 Å². The predicted molar refractivity (Wildman–Crippen MR) is 87.8 cm³/mol. The van der Waals surface area contributed by atoms with E-state index in [2.05, 4.69) is 20.4 Å². The van der Waals surface area contributed by atoms with Gasteiger partial charge in [-0.1, -0.05) is 13.8 Å². The molecule has 0 spiro atoms. The Morgan fingerprint density at radius 3 is 2.71 bits per heavy atom. The molecule has 0 radical (unpaired) electrons. The molecule has 8 nitrogen and oxygen atoms in total. The molecule has 0 aliphatic carbocycles. The highest BCUT2D eigenvalue weighted by atomic mass is 16.3. The Bertz CT molecular complexity index is 837. The Labute approximate surface area is 138 Å². The monoisotopic (exact) mass is 326 g/mol. The average molecular weight is 326 g/mol. The lowest BCUT2D eigenvalue weighted by atomic mass is 10.1. The minimum atomic E-state index is -0.314. The molecular formula is C16H18N6O2. The number of nitrogens with one attached hydrogen (secondary N) is 1. The molecule has 0 aliphatic heterocycles. The van der Waals surface area contributed by atoms with Gasteiger partial charge in [-0.05, 0) is 18.1 Å². The minimum absolute atomic E-state index is 0.198. The van der Waals surface area contributed by atoms with Crippen LogP contribution in [0.2, 0.25) is 0 Å². The molecule has 3 heterocycles. The largest absolute Gasteiger partial charge is 0.467 e. The highest BCUT2D eigenvalue weighted by molar-refractivity contribution is 6.03. The van der Waals surface area contributed by atoms with Crippen LogP contribution >= 0.6 is 0 Å². The van der Waals surface area contributed by atoms with Crippen LogP contribution in [0.3, 0.4) is 0 Å². The molecule has 0 atom stereocenters. The van der Waals surface area contributed by atoms with Gasteiger partial charge in [0, 0.05) is 18.5 Å². The quantitative estimate of drug-likeness (QED) is 0.742. The van der Waals surface area contributed by atoms with Crippen molar-refractivity contribution in [3.05, 3.63) is 53.9 Å². The fourth-order valence-corrected chi connectivity index (χ4v) is 2.12. The first-order valence-electron chi connectivity index (χ1n) is 7.54. The van der Waals surface area contributed by atoms with Crippen molar-refractivity contribution < 1.29 is 9.21 Å². The van der Waals surface area contributed by atoms with Gasteiger partial charge in [0.1, 0.15) is 17.8 Å². The Morgan fingerprint density at radius 1 is 1.33 bits per heavy atom. The fourth-order valence-electron chi connectivity index (χ4n) is 2.12. The summed E-state index contributed by atoms with van der Waals surface area (Å²) in [7, 11) is 0. The second-order valence-corrected chi connectivity index (χ2v) is 5.53. The van der Waals surface area contributed by atoms with Crippen LogP contribution in [0, 0.1) is 0 Å². The Hall–Kier alpha value is -3.00. The SMILES string of the molecule is CC(C)c1cc(NC(=O)c2coc(CN)c2)n(-c2ncccn2)n1. The zero-order chi connectivity index (χ0) is 17.1. The van der Waals surface area contributed by atoms with Crippen LogP contribution in [0.15, 0.2) is 41.3 Å². The van der Waals surface area contributed by atoms with Gasteiger partial charge in [0.05, 0.1) is 17.8 Å². The second kappa shape index (κ2) is 6.63. The summed E-state index contributed by atoms with van der Waals surface area (Å²) in [6, 6.07) is 5.13. The standard InChI is InChI=1S/C16H18N6O2/c1-10(2)13-7-14(22(21-13)16-18-4-3-5-19-16)20-15(23)11-6-12(8-17)24-9-11/h3-7,9-10H,8,17H2,1-2H3,(H,20,23). The van der Waals surface area contributed by atoms with Gasteiger partial charge in [-0.3, -0.25) is 4.79 Å². The fraction of sp³-hybridized carbons (Fsp3) is 0.250. The maximum atomic E-state index is 12.4. The van der Waals surface area contributed by atoms with E-state index in [1.165, 1.54) is 10.9 Å². The van der Waals surface area contributed by atoms with E-state index in [1.54, 1.807) is 24.5 Å². The van der Waals surface area contributed by atoms with Crippen LogP contribution in [0.4, 0.5) is 5.82 Å². The number of hydrogen-bond donors (Lipinski definition) is 2. The topological polar surface area (TPSA) is 112 Å². The van der Waals surface area contributed by atoms with Gasteiger partial charge in [-0.25, -0.2) is 9.97 Å². The highest BCUT2D eigenvalue weighted by Gasteiger charge is 2.17. The molecule has 124 valence electrons. The molecule has 8 heteroatoms. The summed E-state index contributed by atoms with van der Waals surface area (Å²) < 4.78 is 6.71. The molecular weight excluding hydrogens is 308 g/mol. The molecule has 3 N–H and O–H groups in total. The Kier molecular flexibility index (Phi) is 4.39. The first-order chi connectivity index (χ1) is 11.6. The van der Waals surface area contributed by atoms with Gasteiger partial charge < -0.3 is 15.5 Å². The van der Waals surface area contributed by atoms with Crippen LogP contribution in [0.5, 0.6) is 0 Å². The van der Waals surface area contributed by atoms with Gasteiger partial charge >= 0.3 is 0 Å². The third kappa shape index (κ3) is 3.18. The van der Waals surface area contributed by atoms with E-state index in [0.717, 1.165) is 5.69 Å². The molecule has 1 amide bonds. The normalized spacial score (nSPS) is 11.0. The minimum Gasteiger partial charge on any atom is -0.467 e. The number of nitrogens with zero attached hydrogens (tertiary/aromatic N) is 4. The van der Waals surface area contributed by atoms with Crippen LogP contribution in [0.1, 0.15) is 41.6 Å². The first kappa shape index (κ1) is 15.9. The zero-order valence-corrected chi connectivity index (χ0v) is 13.4. The van der Waals surface area contributed by atoms with Crippen LogP contribution in [-0.2, 0) is 6.54 Å². The smallest absolute Gasteiger partial charge is 0.260 e. The molecule has 3 aromatic heterocycles. The Balaban J connectivity index is 1.93. The van der Waals surface area contributed by atoms with Crippen molar-refractivity contribution in [1.29, 1.82) is 0 Å². The van der Waals surface area contributed by atoms with Gasteiger partial charge in [-0.15, -0.1) is 0 Å². The van der Waals surface area contributed by atoms with E-state index in [0.29, 0.717) is 23.1 Å². The predicted octanol–water partition coefficient (Wildman–Crippen LogP) is 2.09. The molecule has 0 aliphatic rings. The highest BCUT2D eigenvalue weighted by Crippen LogP contribution is 2.21. The number of aromatic nitrogens is 4.